The topological polar surface area (TPSA) is 127 Å². The number of nitrogens with zero attached hydrogens (tertiary/aromatic N) is 1. The molecule has 1 heterocycles. The summed E-state index contributed by atoms with van der Waals surface area (Å²) in [7, 11) is -4.24. The number of amides is 2. The van der Waals surface area contributed by atoms with Gasteiger partial charge in [-0.2, -0.15) is 0 Å². The number of benzene rings is 1. The maximum absolute atomic E-state index is 13.3. The number of carbonyl (C=O) groups is 3. The summed E-state index contributed by atoms with van der Waals surface area (Å²) in [5.41, 5.74) is 5.17. The molecule has 2 atom stereocenters. The van der Waals surface area contributed by atoms with Crippen LogP contribution in [0.4, 0.5) is 0 Å². The van der Waals surface area contributed by atoms with Crippen LogP contribution in [0.25, 0.3) is 0 Å². The Labute approximate surface area is 173 Å². The van der Waals surface area contributed by atoms with E-state index in [2.05, 4.69) is 21.2 Å². The number of rotatable bonds is 7. The molecule has 1 aromatic carbocycles. The average molecular weight is 474 g/mol. The summed E-state index contributed by atoms with van der Waals surface area (Å²) in [5, 5.41) is 2.94. The van der Waals surface area contributed by atoms with Crippen molar-refractivity contribution >= 4 is 43.6 Å². The van der Waals surface area contributed by atoms with E-state index in [1.807, 2.05) is 0 Å². The molecular weight excluding hydrogens is 450 g/mol. The first-order chi connectivity index (χ1) is 13.1. The van der Waals surface area contributed by atoms with Gasteiger partial charge in [0.2, 0.25) is 11.8 Å². The lowest BCUT2D eigenvalue weighted by Gasteiger charge is -2.30. The predicted molar refractivity (Wildman–Crippen MR) is 107 cm³/mol. The Morgan fingerprint density at radius 2 is 1.93 bits per heavy atom. The Morgan fingerprint density at radius 1 is 1.29 bits per heavy atom. The Kier molecular flexibility index (Phi) is 7.73. The zero-order chi connectivity index (χ0) is 20.9. The third-order valence-corrected chi connectivity index (χ3v) is 6.85. The number of carbonyl (C=O) groups excluding carboxylic acids is 3. The quantitative estimate of drug-likeness (QED) is 0.612. The van der Waals surface area contributed by atoms with Crippen LogP contribution in [0.15, 0.2) is 33.6 Å². The second-order valence-corrected chi connectivity index (χ2v) is 9.66. The maximum atomic E-state index is 13.3. The summed E-state index contributed by atoms with van der Waals surface area (Å²) in [5.74, 6) is -2.07. The average Bonchev–Trinajstić information content (AvgIpc) is 2.79. The highest BCUT2D eigenvalue weighted by Gasteiger charge is 2.39. The van der Waals surface area contributed by atoms with Gasteiger partial charge in [0.1, 0.15) is 6.04 Å². The normalized spacial score (nSPS) is 18.9. The molecule has 1 unspecified atom stereocenters. The summed E-state index contributed by atoms with van der Waals surface area (Å²) in [6.45, 7) is 2.21. The number of hydrogen-bond acceptors (Lipinski definition) is 6. The van der Waals surface area contributed by atoms with E-state index in [1.54, 1.807) is 19.1 Å². The molecule has 1 saturated heterocycles. The van der Waals surface area contributed by atoms with Crippen LogP contribution in [0.2, 0.25) is 0 Å². The molecule has 0 spiro atoms. The van der Waals surface area contributed by atoms with E-state index in [0.29, 0.717) is 21.7 Å². The minimum absolute atomic E-state index is 0.00113. The van der Waals surface area contributed by atoms with Crippen LogP contribution < -0.4 is 11.1 Å². The summed E-state index contributed by atoms with van der Waals surface area (Å²) in [4.78, 5) is 36.6. The monoisotopic (exact) mass is 473 g/mol. The van der Waals surface area contributed by atoms with E-state index in [4.69, 9.17) is 5.73 Å². The highest BCUT2D eigenvalue weighted by Crippen LogP contribution is 2.26. The molecule has 1 aliphatic heterocycles. The van der Waals surface area contributed by atoms with Crippen molar-refractivity contribution in [3.8, 4) is 0 Å². The van der Waals surface area contributed by atoms with Gasteiger partial charge in [-0.15, -0.1) is 0 Å². The molecule has 8 nitrogen and oxygen atoms in total. The van der Waals surface area contributed by atoms with Gasteiger partial charge in [-0.05, 0) is 49.6 Å². The molecule has 2 amide bonds. The molecular formula is C18H24BrN3O5S. The Balaban J connectivity index is 2.42. The number of Topliss-reactive ketones (excluding diaryl/α,β-unsaturated/α-hetero) is 1. The van der Waals surface area contributed by atoms with Crippen molar-refractivity contribution in [2.45, 2.75) is 43.5 Å². The fourth-order valence-electron chi connectivity index (χ4n) is 3.16. The summed E-state index contributed by atoms with van der Waals surface area (Å²) in [6, 6.07) is 4.80. The van der Waals surface area contributed by atoms with Gasteiger partial charge in [0, 0.05) is 17.3 Å². The molecule has 154 valence electrons. The number of ketones is 1. The fourth-order valence-corrected chi connectivity index (χ4v) is 5.03. The zero-order valence-electron chi connectivity index (χ0n) is 15.6. The minimum Gasteiger partial charge on any atom is -0.370 e. The minimum atomic E-state index is -4.24. The van der Waals surface area contributed by atoms with Crippen LogP contribution in [0.3, 0.4) is 0 Å². The first-order valence-electron chi connectivity index (χ1n) is 8.97. The third-order valence-electron chi connectivity index (χ3n) is 4.47. The number of primary amides is 1. The number of nitrogens with one attached hydrogen (secondary N) is 1. The molecule has 0 aliphatic carbocycles. The molecule has 1 fully saturated rings. The van der Waals surface area contributed by atoms with Gasteiger partial charge in [0.15, 0.2) is 5.78 Å². The van der Waals surface area contributed by atoms with Gasteiger partial charge >= 0.3 is 0 Å². The van der Waals surface area contributed by atoms with Crippen molar-refractivity contribution in [1.29, 1.82) is 0 Å². The van der Waals surface area contributed by atoms with Crippen LogP contribution in [-0.2, 0) is 24.4 Å². The van der Waals surface area contributed by atoms with E-state index >= 15 is 0 Å². The summed E-state index contributed by atoms with van der Waals surface area (Å²) in [6.07, 6.45) is 0.568. The molecule has 2 rings (SSSR count). The van der Waals surface area contributed by atoms with Gasteiger partial charge in [-0.1, -0.05) is 22.9 Å². The van der Waals surface area contributed by atoms with Gasteiger partial charge in [-0.3, -0.25) is 14.4 Å². The Morgan fingerprint density at radius 3 is 2.54 bits per heavy atom. The van der Waals surface area contributed by atoms with E-state index in [-0.39, 0.29) is 36.5 Å². The molecule has 0 saturated carbocycles. The number of hydrogen-bond donors (Lipinski definition) is 2. The highest BCUT2D eigenvalue weighted by atomic mass is 79.9. The lowest BCUT2D eigenvalue weighted by Crippen LogP contribution is -2.50. The van der Waals surface area contributed by atoms with E-state index in [9.17, 15) is 22.8 Å². The first-order valence-corrected chi connectivity index (χ1v) is 11.2. The van der Waals surface area contributed by atoms with Crippen molar-refractivity contribution in [3.05, 3.63) is 28.7 Å². The van der Waals surface area contributed by atoms with Crippen LogP contribution in [0.5, 0.6) is 0 Å². The fraction of sp³-hybridized carbons (Fsp3) is 0.500. The molecule has 1 aliphatic rings. The molecule has 0 aromatic heterocycles. The molecule has 0 radical (unpaired) electrons. The lowest BCUT2D eigenvalue weighted by atomic mass is 10.0. The number of sulfonamides is 1. The standard InChI is InChI=1S/C18H24BrN3O5S/c1-12(9-17(20)24)10-18(25)22(15-3-2-8-21-11-16(15)23)28(26,27)14-6-4-13(19)5-7-14/h4-7,12,15,21H,2-3,8-11H2,1H3,(H2,20,24)/t12-,15?/m0/s1. The lowest BCUT2D eigenvalue weighted by molar-refractivity contribution is -0.134. The SMILES string of the molecule is C[C@@H](CC(N)=O)CC(=O)N(C1CCCNCC1=O)S(=O)(=O)c1ccc(Br)cc1. The van der Waals surface area contributed by atoms with Crippen molar-refractivity contribution in [1.82, 2.24) is 9.62 Å². The largest absolute Gasteiger partial charge is 0.370 e. The van der Waals surface area contributed by atoms with Gasteiger partial charge in [-0.25, -0.2) is 12.7 Å². The van der Waals surface area contributed by atoms with Crippen LogP contribution in [0.1, 0.15) is 32.6 Å². The molecule has 1 aromatic rings. The van der Waals surface area contributed by atoms with Gasteiger partial charge < -0.3 is 11.1 Å². The molecule has 0 bridgehead atoms. The van der Waals surface area contributed by atoms with E-state index < -0.39 is 33.8 Å². The van der Waals surface area contributed by atoms with Crippen molar-refractivity contribution in [2.75, 3.05) is 13.1 Å². The van der Waals surface area contributed by atoms with Crippen molar-refractivity contribution in [3.63, 3.8) is 0 Å². The van der Waals surface area contributed by atoms with Crippen molar-refractivity contribution in [2.24, 2.45) is 11.7 Å². The van der Waals surface area contributed by atoms with E-state index in [0.717, 1.165) is 0 Å². The molecule has 10 heteroatoms. The smallest absolute Gasteiger partial charge is 0.267 e. The second-order valence-electron chi connectivity index (χ2n) is 6.93. The zero-order valence-corrected chi connectivity index (χ0v) is 18.0. The van der Waals surface area contributed by atoms with Crippen LogP contribution in [0, 0.1) is 5.92 Å². The first kappa shape index (κ1) is 22.5. The van der Waals surface area contributed by atoms with Crippen molar-refractivity contribution < 1.29 is 22.8 Å². The van der Waals surface area contributed by atoms with Gasteiger partial charge in [0.05, 0.1) is 11.4 Å². The Bertz CT molecular complexity index is 841. The second kappa shape index (κ2) is 9.62. The van der Waals surface area contributed by atoms with Gasteiger partial charge in [0.25, 0.3) is 10.0 Å². The van der Waals surface area contributed by atoms with E-state index in [1.165, 1.54) is 12.1 Å². The Hall–Kier alpha value is -1.78. The van der Waals surface area contributed by atoms with Crippen LogP contribution >= 0.6 is 15.9 Å². The third kappa shape index (κ3) is 5.62. The maximum Gasteiger partial charge on any atom is 0.267 e. The molecule has 3 N–H and O–H groups in total. The molecule has 28 heavy (non-hydrogen) atoms. The van der Waals surface area contributed by atoms with Crippen LogP contribution in [-0.4, -0.2) is 49.5 Å². The highest BCUT2D eigenvalue weighted by molar-refractivity contribution is 9.10. The predicted octanol–water partition coefficient (Wildman–Crippen LogP) is 1.19. The summed E-state index contributed by atoms with van der Waals surface area (Å²) < 4.78 is 27.9. The number of halogens is 1. The number of nitrogens with two attached hydrogens (primary N) is 1. The summed E-state index contributed by atoms with van der Waals surface area (Å²) >= 11 is 3.25.